The summed E-state index contributed by atoms with van der Waals surface area (Å²) < 4.78 is 0. The molecule has 1 rings (SSSR count). The summed E-state index contributed by atoms with van der Waals surface area (Å²) in [5.74, 6) is 0.289. The molecule has 64 valence electrons. The fourth-order valence-corrected chi connectivity index (χ4v) is 1.16. The summed E-state index contributed by atoms with van der Waals surface area (Å²) in [5.41, 5.74) is 5.63. The number of hydrogen-bond acceptors (Lipinski definition) is 4. The molecule has 4 heteroatoms. The van der Waals surface area contributed by atoms with Crippen LogP contribution in [0.4, 0.5) is 0 Å². The minimum Gasteiger partial charge on any atom is -0.358 e. The van der Waals surface area contributed by atoms with Crippen LogP contribution in [-0.2, 0) is 0 Å². The van der Waals surface area contributed by atoms with Crippen molar-refractivity contribution in [3.8, 4) is 0 Å². The van der Waals surface area contributed by atoms with E-state index in [0.717, 1.165) is 0 Å². The van der Waals surface area contributed by atoms with Gasteiger partial charge in [-0.3, -0.25) is 10.3 Å². The molecule has 0 spiro atoms. The van der Waals surface area contributed by atoms with Crippen molar-refractivity contribution in [2.24, 2.45) is 16.6 Å². The number of rotatable bonds is 1. The molecule has 0 aromatic heterocycles. The van der Waals surface area contributed by atoms with Crippen molar-refractivity contribution >= 4 is 6.34 Å². The van der Waals surface area contributed by atoms with Gasteiger partial charge in [-0.15, -0.1) is 0 Å². The van der Waals surface area contributed by atoms with Crippen LogP contribution in [0.5, 0.6) is 0 Å². The number of aliphatic imine (C=N–C) groups is 1. The van der Waals surface area contributed by atoms with Crippen molar-refractivity contribution < 1.29 is 0 Å². The largest absolute Gasteiger partial charge is 0.358 e. The van der Waals surface area contributed by atoms with Crippen LogP contribution >= 0.6 is 0 Å². The molecule has 2 unspecified atom stereocenters. The fourth-order valence-electron chi connectivity index (χ4n) is 1.16. The topological polar surface area (TPSA) is 62.4 Å². The second kappa shape index (κ2) is 2.79. The van der Waals surface area contributed by atoms with Gasteiger partial charge in [0.25, 0.3) is 0 Å². The van der Waals surface area contributed by atoms with Crippen molar-refractivity contribution in [2.75, 3.05) is 7.05 Å². The second-order valence-electron chi connectivity index (χ2n) is 3.15. The van der Waals surface area contributed by atoms with E-state index in [1.54, 1.807) is 6.34 Å². The molecule has 0 saturated carbocycles. The van der Waals surface area contributed by atoms with Gasteiger partial charge in [-0.25, -0.2) is 0 Å². The van der Waals surface area contributed by atoms with Gasteiger partial charge >= 0.3 is 0 Å². The highest BCUT2D eigenvalue weighted by Crippen LogP contribution is 2.18. The third kappa shape index (κ3) is 1.36. The van der Waals surface area contributed by atoms with Crippen LogP contribution in [0.2, 0.25) is 0 Å². The van der Waals surface area contributed by atoms with Crippen molar-refractivity contribution in [1.82, 2.24) is 10.6 Å². The van der Waals surface area contributed by atoms with Crippen molar-refractivity contribution in [2.45, 2.75) is 25.7 Å². The molecular weight excluding hydrogens is 140 g/mol. The van der Waals surface area contributed by atoms with E-state index in [4.69, 9.17) is 5.73 Å². The van der Waals surface area contributed by atoms with E-state index in [0.29, 0.717) is 0 Å². The lowest BCUT2D eigenvalue weighted by atomic mass is 9.92. The van der Waals surface area contributed by atoms with Crippen LogP contribution < -0.4 is 16.4 Å². The quantitative estimate of drug-likeness (QED) is 0.478. The molecule has 0 fully saturated rings. The Bertz CT molecular complexity index is 168. The maximum atomic E-state index is 5.75. The third-order valence-electron chi connectivity index (χ3n) is 2.55. The fraction of sp³-hybridized carbons (Fsp3) is 0.857. The van der Waals surface area contributed by atoms with Gasteiger partial charge in [0.05, 0.1) is 12.0 Å². The monoisotopic (exact) mass is 156 g/mol. The van der Waals surface area contributed by atoms with Gasteiger partial charge in [0, 0.05) is 5.92 Å². The third-order valence-corrected chi connectivity index (χ3v) is 2.55. The minimum absolute atomic E-state index is 0.103. The van der Waals surface area contributed by atoms with Gasteiger partial charge < -0.3 is 11.1 Å². The number of nitrogens with zero attached hydrogens (tertiary/aromatic N) is 1. The molecule has 3 atom stereocenters. The summed E-state index contributed by atoms with van der Waals surface area (Å²) >= 11 is 0. The Hall–Kier alpha value is -0.610. The Kier molecular flexibility index (Phi) is 2.15. The van der Waals surface area contributed by atoms with E-state index in [1.165, 1.54) is 0 Å². The highest BCUT2D eigenvalue weighted by Gasteiger charge is 2.34. The Morgan fingerprint density at radius 2 is 2.36 bits per heavy atom. The molecule has 0 aliphatic carbocycles. The van der Waals surface area contributed by atoms with Gasteiger partial charge in [0.2, 0.25) is 0 Å². The summed E-state index contributed by atoms with van der Waals surface area (Å²) in [4.78, 5) is 4.06. The molecule has 0 aromatic rings. The average Bonchev–Trinajstić information content (AvgIpc) is 2.00. The molecule has 11 heavy (non-hydrogen) atoms. The number of nitrogens with two attached hydrogens (primary N) is 1. The molecule has 4 N–H and O–H groups in total. The first-order valence-corrected chi connectivity index (χ1v) is 3.84. The molecule has 4 nitrogen and oxygen atoms in total. The lowest BCUT2D eigenvalue weighted by Crippen LogP contribution is -2.63. The number of nitrogens with one attached hydrogen (secondary N) is 2. The van der Waals surface area contributed by atoms with Crippen LogP contribution in [-0.4, -0.2) is 25.2 Å². The van der Waals surface area contributed by atoms with Crippen molar-refractivity contribution in [1.29, 1.82) is 0 Å². The highest BCUT2D eigenvalue weighted by atomic mass is 15.2. The summed E-state index contributed by atoms with van der Waals surface area (Å²) in [6, 6.07) is 0. The normalized spacial score (nSPS) is 43.6. The predicted octanol–water partition coefficient (Wildman–Crippen LogP) is -0.526. The standard InChI is InChI=1S/C7H16N4/c1-5-6(8)10-4-11-7(5,2)9-3/h4-6,9H,8H2,1-3H3,(H,10,11)/t5?,6-,7?/m1/s1. The summed E-state index contributed by atoms with van der Waals surface area (Å²) in [7, 11) is 1.91. The molecular formula is C7H16N4. The van der Waals surface area contributed by atoms with Crippen LogP contribution in [0.25, 0.3) is 0 Å². The summed E-state index contributed by atoms with van der Waals surface area (Å²) in [5, 5.41) is 6.32. The van der Waals surface area contributed by atoms with E-state index >= 15 is 0 Å². The zero-order chi connectivity index (χ0) is 8.48. The highest BCUT2D eigenvalue weighted by molar-refractivity contribution is 5.57. The van der Waals surface area contributed by atoms with E-state index in [2.05, 4.69) is 29.5 Å². The van der Waals surface area contributed by atoms with Gasteiger partial charge in [0.1, 0.15) is 6.17 Å². The minimum atomic E-state index is -0.124. The van der Waals surface area contributed by atoms with Crippen LogP contribution in [0.3, 0.4) is 0 Å². The summed E-state index contributed by atoms with van der Waals surface area (Å²) in [6.07, 6.45) is 1.56. The van der Waals surface area contributed by atoms with Crippen molar-refractivity contribution in [3.63, 3.8) is 0 Å². The average molecular weight is 156 g/mol. The SMILES string of the molecule is CNC1(C)NC=N[C@@H](N)C1C. The molecule has 0 saturated heterocycles. The van der Waals surface area contributed by atoms with Gasteiger partial charge in [0.15, 0.2) is 0 Å². The Morgan fingerprint density at radius 1 is 1.73 bits per heavy atom. The molecule has 0 aromatic carbocycles. The predicted molar refractivity (Wildman–Crippen MR) is 46.2 cm³/mol. The zero-order valence-corrected chi connectivity index (χ0v) is 7.26. The van der Waals surface area contributed by atoms with Gasteiger partial charge in [-0.05, 0) is 14.0 Å². The lowest BCUT2D eigenvalue weighted by molar-refractivity contribution is 0.199. The molecule has 0 amide bonds. The van der Waals surface area contributed by atoms with Crippen LogP contribution in [0.1, 0.15) is 13.8 Å². The van der Waals surface area contributed by atoms with Gasteiger partial charge in [-0.2, -0.15) is 0 Å². The van der Waals surface area contributed by atoms with E-state index in [1.807, 2.05) is 7.05 Å². The first kappa shape index (κ1) is 8.49. The smallest absolute Gasteiger partial charge is 0.105 e. The Morgan fingerprint density at radius 3 is 2.82 bits per heavy atom. The van der Waals surface area contributed by atoms with Crippen LogP contribution in [0.15, 0.2) is 4.99 Å². The molecule has 0 radical (unpaired) electrons. The van der Waals surface area contributed by atoms with Crippen molar-refractivity contribution in [3.05, 3.63) is 0 Å². The maximum Gasteiger partial charge on any atom is 0.105 e. The Labute approximate surface area is 67.3 Å². The lowest BCUT2D eigenvalue weighted by Gasteiger charge is -2.40. The maximum absolute atomic E-state index is 5.75. The number of hydrogen-bond donors (Lipinski definition) is 3. The molecule has 1 heterocycles. The first-order chi connectivity index (χ1) is 5.10. The first-order valence-electron chi connectivity index (χ1n) is 3.84. The molecule has 1 aliphatic rings. The Balaban J connectivity index is 2.77. The van der Waals surface area contributed by atoms with E-state index in [-0.39, 0.29) is 17.7 Å². The zero-order valence-electron chi connectivity index (χ0n) is 7.26. The molecule has 0 bridgehead atoms. The van der Waals surface area contributed by atoms with Crippen LogP contribution in [0, 0.1) is 5.92 Å². The summed E-state index contributed by atoms with van der Waals surface area (Å²) in [6.45, 7) is 4.15. The molecule has 1 aliphatic heterocycles. The van der Waals surface area contributed by atoms with E-state index in [9.17, 15) is 0 Å². The van der Waals surface area contributed by atoms with Gasteiger partial charge in [-0.1, -0.05) is 6.92 Å². The van der Waals surface area contributed by atoms with E-state index < -0.39 is 0 Å². The second-order valence-corrected chi connectivity index (χ2v) is 3.15.